The van der Waals surface area contributed by atoms with Crippen molar-refractivity contribution in [2.75, 3.05) is 0 Å². The second-order valence-electron chi connectivity index (χ2n) is 7.78. The van der Waals surface area contributed by atoms with Gasteiger partial charge in [-0.2, -0.15) is 0 Å². The fourth-order valence-electron chi connectivity index (χ4n) is 4.15. The van der Waals surface area contributed by atoms with Gasteiger partial charge in [0.15, 0.2) is 0 Å². The fourth-order valence-corrected chi connectivity index (χ4v) is 15.7. The summed E-state index contributed by atoms with van der Waals surface area (Å²) in [6, 6.07) is 34.4. The predicted molar refractivity (Wildman–Crippen MR) is 139 cm³/mol. The first-order valence-corrected chi connectivity index (χ1v) is 17.3. The summed E-state index contributed by atoms with van der Waals surface area (Å²) in [7, 11) is 0. The van der Waals surface area contributed by atoms with Gasteiger partial charge in [-0.05, 0) is 0 Å². The normalized spacial score (nSPS) is 11.2. The van der Waals surface area contributed by atoms with E-state index >= 15 is 0 Å². The molecule has 0 saturated heterocycles. The third-order valence-electron chi connectivity index (χ3n) is 5.66. The minimum absolute atomic E-state index is 0.169. The van der Waals surface area contributed by atoms with Crippen molar-refractivity contribution in [3.63, 3.8) is 0 Å². The SMILES string of the molecule is O=C(Cc1ccsc1-c1ncccn1)[O][Sn]([c]1ccccc1)([c]1ccccc1)[c]1ccccc1. The Morgan fingerprint density at radius 2 is 1.21 bits per heavy atom. The van der Waals surface area contributed by atoms with Gasteiger partial charge in [0.25, 0.3) is 0 Å². The van der Waals surface area contributed by atoms with Crippen molar-refractivity contribution in [2.24, 2.45) is 0 Å². The van der Waals surface area contributed by atoms with Crippen molar-refractivity contribution in [2.45, 2.75) is 6.42 Å². The molecule has 0 N–H and O–H groups in total. The third-order valence-corrected chi connectivity index (χ3v) is 18.0. The molecule has 0 aliphatic carbocycles. The third kappa shape index (κ3) is 4.54. The molecule has 0 unspecified atom stereocenters. The molecule has 0 fully saturated rings. The Morgan fingerprint density at radius 3 is 1.71 bits per heavy atom. The molecular weight excluding hydrogens is 547 g/mol. The van der Waals surface area contributed by atoms with Crippen LogP contribution < -0.4 is 10.7 Å². The standard InChI is InChI=1S/C10H8N2O2S.3C6H5.Sn/c13-8(14)6-7-2-5-15-9(7)10-11-3-1-4-12-10;3*1-2-4-6-5-3-1;/h1-5H,6H2,(H,13,14);3*1-5H;/q;;;;+1/p-1. The van der Waals surface area contributed by atoms with Crippen LogP contribution in [0.3, 0.4) is 0 Å². The Kier molecular flexibility index (Phi) is 6.83. The molecule has 0 atom stereocenters. The zero-order valence-electron chi connectivity index (χ0n) is 18.4. The average Bonchev–Trinajstić information content (AvgIpc) is 3.37. The summed E-state index contributed by atoms with van der Waals surface area (Å²) in [5, 5.41) is 1.97. The predicted octanol–water partition coefficient (Wildman–Crippen LogP) is 3.96. The van der Waals surface area contributed by atoms with E-state index in [1.807, 2.05) is 66.0 Å². The Balaban J connectivity index is 1.58. The molecule has 5 rings (SSSR count). The number of carbonyl (C=O) groups is 1. The van der Waals surface area contributed by atoms with Crippen LogP contribution in [0.25, 0.3) is 10.7 Å². The maximum atomic E-state index is 13.6. The van der Waals surface area contributed by atoms with Crippen LogP contribution >= 0.6 is 11.3 Å². The number of thiophene rings is 1. The summed E-state index contributed by atoms with van der Waals surface area (Å²) in [6.07, 6.45) is 3.60. The van der Waals surface area contributed by atoms with Gasteiger partial charge in [0.2, 0.25) is 0 Å². The van der Waals surface area contributed by atoms with Crippen molar-refractivity contribution in [1.29, 1.82) is 0 Å². The van der Waals surface area contributed by atoms with Crippen LogP contribution in [0, 0.1) is 0 Å². The van der Waals surface area contributed by atoms with Gasteiger partial charge in [0.05, 0.1) is 0 Å². The number of hydrogen-bond acceptors (Lipinski definition) is 5. The fraction of sp³-hybridized carbons (Fsp3) is 0.0357. The molecule has 6 heteroatoms. The summed E-state index contributed by atoms with van der Waals surface area (Å²) in [4.78, 5) is 23.3. The number of carbonyl (C=O) groups excluding carboxylic acids is 1. The van der Waals surface area contributed by atoms with Gasteiger partial charge in [0, 0.05) is 0 Å². The van der Waals surface area contributed by atoms with Crippen molar-refractivity contribution < 1.29 is 7.87 Å². The molecular formula is C28H22N2O2SSn. The van der Waals surface area contributed by atoms with E-state index < -0.39 is 18.8 Å². The number of hydrogen-bond donors (Lipinski definition) is 0. The van der Waals surface area contributed by atoms with Gasteiger partial charge in [-0.3, -0.25) is 0 Å². The van der Waals surface area contributed by atoms with Gasteiger partial charge < -0.3 is 0 Å². The zero-order chi connectivity index (χ0) is 23.2. The molecule has 0 aliphatic heterocycles. The molecule has 0 aliphatic rings. The van der Waals surface area contributed by atoms with Crippen LogP contribution in [0.4, 0.5) is 0 Å². The maximum absolute atomic E-state index is 13.6. The first kappa shape index (κ1) is 22.5. The quantitative estimate of drug-likeness (QED) is 0.279. The van der Waals surface area contributed by atoms with Crippen LogP contribution in [0.15, 0.2) is 121 Å². The van der Waals surface area contributed by atoms with Crippen molar-refractivity contribution in [3.8, 4) is 10.7 Å². The van der Waals surface area contributed by atoms with E-state index in [2.05, 4.69) is 46.4 Å². The van der Waals surface area contributed by atoms with Crippen LogP contribution in [0.2, 0.25) is 0 Å². The number of nitrogens with zero attached hydrogens (tertiary/aromatic N) is 2. The van der Waals surface area contributed by atoms with E-state index in [4.69, 9.17) is 3.07 Å². The summed E-state index contributed by atoms with van der Waals surface area (Å²) in [6.45, 7) is 0. The van der Waals surface area contributed by atoms with E-state index in [1.54, 1.807) is 18.5 Å². The summed E-state index contributed by atoms with van der Waals surface area (Å²) in [5.41, 5.74) is 0.885. The van der Waals surface area contributed by atoms with Gasteiger partial charge in [-0.15, -0.1) is 0 Å². The second-order valence-corrected chi connectivity index (χ2v) is 18.1. The molecule has 0 radical (unpaired) electrons. The van der Waals surface area contributed by atoms with Gasteiger partial charge in [-0.25, -0.2) is 0 Å². The average molecular weight is 569 g/mol. The van der Waals surface area contributed by atoms with Crippen molar-refractivity contribution in [3.05, 3.63) is 126 Å². The second kappa shape index (κ2) is 10.3. The molecule has 0 bridgehead atoms. The van der Waals surface area contributed by atoms with Gasteiger partial charge in [-0.1, -0.05) is 0 Å². The monoisotopic (exact) mass is 570 g/mol. The van der Waals surface area contributed by atoms with Crippen LogP contribution in [0.5, 0.6) is 0 Å². The number of benzene rings is 3. The van der Waals surface area contributed by atoms with E-state index in [9.17, 15) is 4.79 Å². The molecule has 166 valence electrons. The molecule has 0 spiro atoms. The van der Waals surface area contributed by atoms with E-state index in [-0.39, 0.29) is 12.4 Å². The molecule has 34 heavy (non-hydrogen) atoms. The molecule has 3 aromatic carbocycles. The van der Waals surface area contributed by atoms with E-state index in [0.29, 0.717) is 5.82 Å². The van der Waals surface area contributed by atoms with Gasteiger partial charge >= 0.3 is 208 Å². The van der Waals surface area contributed by atoms with Crippen molar-refractivity contribution in [1.82, 2.24) is 9.97 Å². The molecule has 5 aromatic rings. The zero-order valence-corrected chi connectivity index (χ0v) is 22.0. The summed E-state index contributed by atoms with van der Waals surface area (Å²) in [5.74, 6) is 0.396. The summed E-state index contributed by atoms with van der Waals surface area (Å²) >= 11 is -2.59. The van der Waals surface area contributed by atoms with Gasteiger partial charge in [0.1, 0.15) is 0 Å². The Labute approximate surface area is 207 Å². The topological polar surface area (TPSA) is 52.1 Å². The van der Waals surface area contributed by atoms with Crippen molar-refractivity contribution >= 4 is 46.8 Å². The first-order chi connectivity index (χ1) is 16.8. The van der Waals surface area contributed by atoms with Crippen LogP contribution in [-0.4, -0.2) is 34.7 Å². The van der Waals surface area contributed by atoms with Crippen LogP contribution in [-0.2, 0) is 14.3 Å². The number of rotatable bonds is 7. The Morgan fingerprint density at radius 1 is 0.706 bits per heavy atom. The molecule has 0 amide bonds. The van der Waals surface area contributed by atoms with E-state index in [1.165, 1.54) is 11.3 Å². The molecule has 0 saturated carbocycles. The molecule has 4 nitrogen and oxygen atoms in total. The first-order valence-electron chi connectivity index (χ1n) is 11.0. The molecule has 2 heterocycles. The van der Waals surface area contributed by atoms with E-state index in [0.717, 1.165) is 21.2 Å². The summed E-state index contributed by atoms with van der Waals surface area (Å²) < 4.78 is 9.99. The minimum atomic E-state index is -4.12. The molecule has 2 aromatic heterocycles. The van der Waals surface area contributed by atoms with Crippen LogP contribution in [0.1, 0.15) is 5.56 Å². The Bertz CT molecular complexity index is 1260. The number of aromatic nitrogens is 2. The Hall–Kier alpha value is -3.29.